The van der Waals surface area contributed by atoms with Gasteiger partial charge in [-0.1, -0.05) is 67.3 Å². The second-order valence-electron chi connectivity index (χ2n) is 7.29. The number of carbonyl (C=O) groups excluding carboxylic acids is 2. The van der Waals surface area contributed by atoms with Gasteiger partial charge in [0.2, 0.25) is 11.8 Å². The Kier molecular flexibility index (Phi) is 5.61. The molecule has 0 aliphatic carbocycles. The Hall–Kier alpha value is -2.38. The van der Waals surface area contributed by atoms with Crippen LogP contribution in [0.1, 0.15) is 28.9 Å². The molecule has 5 nitrogen and oxygen atoms in total. The third-order valence-electron chi connectivity index (χ3n) is 5.41. The van der Waals surface area contributed by atoms with Gasteiger partial charge in [-0.05, 0) is 35.6 Å². The number of methoxy groups -OCH3 is 1. The molecule has 2 aromatic rings. The number of hydrogen-bond acceptors (Lipinski definition) is 5. The van der Waals surface area contributed by atoms with Gasteiger partial charge in [0.1, 0.15) is 15.3 Å². The fourth-order valence-corrected chi connectivity index (χ4v) is 5.27. The summed E-state index contributed by atoms with van der Waals surface area (Å²) >= 11 is 6.53. The normalized spacial score (nSPS) is 21.2. The van der Waals surface area contributed by atoms with E-state index in [1.165, 1.54) is 17.3 Å². The summed E-state index contributed by atoms with van der Waals surface area (Å²) in [4.78, 5) is 27.4. The summed E-state index contributed by atoms with van der Waals surface area (Å²) in [6, 6.07) is 13.9. The van der Waals surface area contributed by atoms with Gasteiger partial charge in [-0.3, -0.25) is 9.59 Å². The summed E-state index contributed by atoms with van der Waals surface area (Å²) in [5.74, 6) is 0.476. The minimum absolute atomic E-state index is 0.0860. The number of benzene rings is 2. The van der Waals surface area contributed by atoms with Crippen LogP contribution < -0.4 is 15.0 Å². The molecule has 2 aliphatic heterocycles. The van der Waals surface area contributed by atoms with Gasteiger partial charge in [0.15, 0.2) is 0 Å². The number of thiocarbonyl (C=S) groups is 1. The van der Waals surface area contributed by atoms with Crippen LogP contribution in [-0.2, 0) is 22.4 Å². The van der Waals surface area contributed by atoms with Crippen molar-refractivity contribution in [1.29, 1.82) is 0 Å². The number of carbonyl (C=O) groups is 2. The molecule has 2 atom stereocenters. The van der Waals surface area contributed by atoms with Crippen LogP contribution in [0, 0.1) is 5.92 Å². The molecule has 29 heavy (non-hydrogen) atoms. The topological polar surface area (TPSA) is 58.6 Å². The minimum atomic E-state index is -0.390. The maximum atomic E-state index is 13.1. The predicted octanol–water partition coefficient (Wildman–Crippen LogP) is 3.65. The first kappa shape index (κ1) is 19.9. The molecule has 0 spiro atoms. The van der Waals surface area contributed by atoms with Gasteiger partial charge in [-0.25, -0.2) is 0 Å². The van der Waals surface area contributed by atoms with Crippen LogP contribution in [0.5, 0.6) is 5.75 Å². The highest BCUT2D eigenvalue weighted by atomic mass is 32.2. The smallest absolute Gasteiger partial charge is 0.243 e. The van der Waals surface area contributed by atoms with Crippen LogP contribution in [-0.4, -0.2) is 29.8 Å². The van der Waals surface area contributed by atoms with Crippen molar-refractivity contribution in [3.8, 4) is 5.75 Å². The van der Waals surface area contributed by atoms with Crippen molar-refractivity contribution in [2.24, 2.45) is 5.92 Å². The number of hydrogen-bond donors (Lipinski definition) is 1. The molecule has 1 N–H and O–H groups in total. The molecule has 2 aliphatic rings. The van der Waals surface area contributed by atoms with Crippen LogP contribution in [0.3, 0.4) is 0 Å². The van der Waals surface area contributed by atoms with Crippen molar-refractivity contribution in [2.75, 3.05) is 18.6 Å². The van der Waals surface area contributed by atoms with Crippen molar-refractivity contribution >= 4 is 45.8 Å². The molecule has 1 saturated heterocycles. The maximum Gasteiger partial charge on any atom is 0.243 e. The Morgan fingerprint density at radius 2 is 1.97 bits per heavy atom. The van der Waals surface area contributed by atoms with E-state index in [4.69, 9.17) is 17.0 Å². The number of anilines is 1. The molecule has 4 rings (SSSR count). The number of nitrogens with zero attached hydrogens (tertiary/aromatic N) is 1. The molecule has 1 fully saturated rings. The molecular formula is C22H22N2O3S2. The Morgan fingerprint density at radius 3 is 2.62 bits per heavy atom. The number of amides is 2. The van der Waals surface area contributed by atoms with E-state index in [0.717, 1.165) is 23.2 Å². The molecule has 2 heterocycles. The fourth-order valence-electron chi connectivity index (χ4n) is 3.99. The minimum Gasteiger partial charge on any atom is -0.495 e. The summed E-state index contributed by atoms with van der Waals surface area (Å²) in [5, 5.41) is 2.33. The van der Waals surface area contributed by atoms with E-state index in [1.807, 2.05) is 42.2 Å². The summed E-state index contributed by atoms with van der Waals surface area (Å²) in [7, 11) is 1.61. The van der Waals surface area contributed by atoms with Gasteiger partial charge >= 0.3 is 0 Å². The Labute approximate surface area is 179 Å². The van der Waals surface area contributed by atoms with E-state index in [1.54, 1.807) is 7.11 Å². The number of nitrogens with one attached hydrogen (secondary N) is 1. The summed E-state index contributed by atoms with van der Waals surface area (Å²) in [5.41, 5.74) is 3.87. The van der Waals surface area contributed by atoms with E-state index in [-0.39, 0.29) is 17.7 Å². The molecular weight excluding hydrogens is 404 g/mol. The average Bonchev–Trinajstić information content (AvgIpc) is 3.06. The lowest BCUT2D eigenvalue weighted by molar-refractivity contribution is -0.122. The van der Waals surface area contributed by atoms with Crippen LogP contribution in [0.25, 0.3) is 0 Å². The van der Waals surface area contributed by atoms with Crippen molar-refractivity contribution < 1.29 is 14.3 Å². The summed E-state index contributed by atoms with van der Waals surface area (Å²) < 4.78 is 6.11. The molecule has 0 bridgehead atoms. The zero-order chi connectivity index (χ0) is 20.5. The van der Waals surface area contributed by atoms with E-state index >= 15 is 0 Å². The lowest BCUT2D eigenvalue weighted by Crippen LogP contribution is -2.42. The van der Waals surface area contributed by atoms with E-state index in [2.05, 4.69) is 17.4 Å². The predicted molar refractivity (Wildman–Crippen MR) is 119 cm³/mol. The second kappa shape index (κ2) is 8.16. The van der Waals surface area contributed by atoms with Gasteiger partial charge in [-0.15, -0.1) is 0 Å². The number of rotatable bonds is 5. The monoisotopic (exact) mass is 426 g/mol. The summed E-state index contributed by atoms with van der Waals surface area (Å²) in [6.45, 7) is 2.50. The molecule has 0 saturated carbocycles. The first-order valence-electron chi connectivity index (χ1n) is 9.56. The van der Waals surface area contributed by atoms with Crippen LogP contribution in [0.2, 0.25) is 0 Å². The van der Waals surface area contributed by atoms with Crippen molar-refractivity contribution in [2.45, 2.75) is 25.0 Å². The lowest BCUT2D eigenvalue weighted by Gasteiger charge is -2.35. The molecule has 0 radical (unpaired) electrons. The second-order valence-corrected chi connectivity index (χ2v) is 9.07. The third kappa shape index (κ3) is 3.76. The largest absolute Gasteiger partial charge is 0.495 e. The number of fused-ring (bicyclic) bond motifs is 1. The highest BCUT2D eigenvalue weighted by Gasteiger charge is 2.38. The van der Waals surface area contributed by atoms with Gasteiger partial charge in [0.05, 0.1) is 12.8 Å². The van der Waals surface area contributed by atoms with Crippen LogP contribution in [0.4, 0.5) is 5.69 Å². The molecule has 0 aromatic heterocycles. The van der Waals surface area contributed by atoms with Crippen molar-refractivity contribution in [3.63, 3.8) is 0 Å². The number of thioether (sulfide) groups is 1. The SMILES string of the molecule is COc1ccc(C2SC(=S)NC2=O)c2c1N(CCc1ccccc1)C(=O)C(C)C2. The molecule has 2 unspecified atom stereocenters. The fraction of sp³-hybridized carbons (Fsp3) is 0.318. The molecule has 7 heteroatoms. The van der Waals surface area contributed by atoms with Gasteiger partial charge < -0.3 is 15.0 Å². The molecule has 150 valence electrons. The van der Waals surface area contributed by atoms with E-state index < -0.39 is 5.25 Å². The lowest BCUT2D eigenvalue weighted by atomic mass is 9.87. The Bertz CT molecular complexity index is 978. The first-order valence-corrected chi connectivity index (χ1v) is 10.8. The quantitative estimate of drug-likeness (QED) is 0.740. The third-order valence-corrected chi connectivity index (χ3v) is 6.82. The highest BCUT2D eigenvalue weighted by molar-refractivity contribution is 8.24. The summed E-state index contributed by atoms with van der Waals surface area (Å²) in [6.07, 6.45) is 1.33. The molecule has 2 aromatic carbocycles. The zero-order valence-corrected chi connectivity index (χ0v) is 17.9. The van der Waals surface area contributed by atoms with E-state index in [9.17, 15) is 9.59 Å². The van der Waals surface area contributed by atoms with Crippen LogP contribution >= 0.6 is 24.0 Å². The average molecular weight is 427 g/mol. The van der Waals surface area contributed by atoms with Gasteiger partial charge in [0, 0.05) is 12.5 Å². The Balaban J connectivity index is 1.76. The standard InChI is InChI=1S/C22H22N2O3S2/c1-13-12-16-15(19-20(25)23-22(28)29-19)8-9-17(27-2)18(16)24(21(13)26)11-10-14-6-4-3-5-7-14/h3-9,13,19H,10-12H2,1-2H3,(H,23,25,28). The van der Waals surface area contributed by atoms with E-state index in [0.29, 0.717) is 23.0 Å². The number of ether oxygens (including phenoxy) is 1. The maximum absolute atomic E-state index is 13.1. The highest BCUT2D eigenvalue weighted by Crippen LogP contribution is 2.46. The molecule has 2 amide bonds. The van der Waals surface area contributed by atoms with Crippen molar-refractivity contribution in [1.82, 2.24) is 5.32 Å². The van der Waals surface area contributed by atoms with Gasteiger partial charge in [-0.2, -0.15) is 0 Å². The Morgan fingerprint density at radius 1 is 1.21 bits per heavy atom. The van der Waals surface area contributed by atoms with Gasteiger partial charge in [0.25, 0.3) is 0 Å². The first-order chi connectivity index (χ1) is 14.0. The zero-order valence-electron chi connectivity index (χ0n) is 16.3. The van der Waals surface area contributed by atoms with Crippen molar-refractivity contribution in [3.05, 3.63) is 59.2 Å². The van der Waals surface area contributed by atoms with Crippen LogP contribution in [0.15, 0.2) is 42.5 Å².